The predicted octanol–water partition coefficient (Wildman–Crippen LogP) is 1.75. The molecule has 5 heteroatoms. The van der Waals surface area contributed by atoms with Crippen molar-refractivity contribution in [1.29, 1.82) is 0 Å². The molecule has 5 nitrogen and oxygen atoms in total. The molecule has 1 fully saturated rings. The molecule has 0 bridgehead atoms. The second-order valence-electron chi connectivity index (χ2n) is 5.45. The number of aliphatic hydroxyl groups excluding tert-OH is 1. The van der Waals surface area contributed by atoms with Gasteiger partial charge in [0.15, 0.2) is 0 Å². The third kappa shape index (κ3) is 7.38. The summed E-state index contributed by atoms with van der Waals surface area (Å²) in [5, 5.41) is 12.0. The van der Waals surface area contributed by atoms with Gasteiger partial charge in [0, 0.05) is 26.7 Å². The van der Waals surface area contributed by atoms with Gasteiger partial charge in [0.2, 0.25) is 0 Å². The Balaban J connectivity index is 1.99. The van der Waals surface area contributed by atoms with E-state index in [0.29, 0.717) is 25.8 Å². The fourth-order valence-electron chi connectivity index (χ4n) is 2.36. The smallest absolute Gasteiger partial charge is 0.317 e. The van der Waals surface area contributed by atoms with Gasteiger partial charge in [-0.1, -0.05) is 19.3 Å². The molecule has 1 rings (SSSR count). The summed E-state index contributed by atoms with van der Waals surface area (Å²) in [5.74, 6) is 0. The molecule has 0 saturated heterocycles. The number of rotatable bonds is 7. The van der Waals surface area contributed by atoms with Crippen LogP contribution in [0, 0.1) is 0 Å². The lowest BCUT2D eigenvalue weighted by molar-refractivity contribution is 0.0274. The Labute approximate surface area is 116 Å². The highest BCUT2D eigenvalue weighted by Crippen LogP contribution is 2.20. The highest BCUT2D eigenvalue weighted by Gasteiger charge is 2.13. The lowest BCUT2D eigenvalue weighted by Crippen LogP contribution is -2.41. The lowest BCUT2D eigenvalue weighted by Gasteiger charge is -2.22. The zero-order valence-electron chi connectivity index (χ0n) is 12.2. The van der Waals surface area contributed by atoms with Crippen molar-refractivity contribution in [2.24, 2.45) is 0 Å². The Kier molecular flexibility index (Phi) is 7.82. The number of nitrogens with zero attached hydrogens (tertiary/aromatic N) is 1. The first-order chi connectivity index (χ1) is 9.09. The topological polar surface area (TPSA) is 61.8 Å². The van der Waals surface area contributed by atoms with Crippen LogP contribution in [0.15, 0.2) is 0 Å². The number of likely N-dealkylation sites (N-methyl/N-ethyl adjacent to an activating group) is 1. The van der Waals surface area contributed by atoms with E-state index in [1.165, 1.54) is 37.0 Å². The number of urea groups is 1. The van der Waals surface area contributed by atoms with Crippen molar-refractivity contribution in [1.82, 2.24) is 10.2 Å². The maximum absolute atomic E-state index is 11.6. The molecule has 1 aliphatic rings. The quantitative estimate of drug-likeness (QED) is 0.694. The van der Waals surface area contributed by atoms with E-state index in [0.717, 1.165) is 6.42 Å². The number of hydrogen-bond acceptors (Lipinski definition) is 3. The average Bonchev–Trinajstić information content (AvgIpc) is 2.38. The van der Waals surface area contributed by atoms with Crippen LogP contribution in [-0.2, 0) is 4.74 Å². The number of carbonyl (C=O) groups is 1. The van der Waals surface area contributed by atoms with Gasteiger partial charge in [0.25, 0.3) is 0 Å². The van der Waals surface area contributed by atoms with E-state index < -0.39 is 6.10 Å². The molecule has 2 amide bonds. The van der Waals surface area contributed by atoms with E-state index in [2.05, 4.69) is 5.32 Å². The molecule has 0 aliphatic heterocycles. The third-order valence-electron chi connectivity index (χ3n) is 3.39. The maximum Gasteiger partial charge on any atom is 0.317 e. The largest absolute Gasteiger partial charge is 0.392 e. The van der Waals surface area contributed by atoms with Crippen LogP contribution in [0.5, 0.6) is 0 Å². The molecular formula is C14H28N2O3. The summed E-state index contributed by atoms with van der Waals surface area (Å²) >= 11 is 0. The molecule has 0 aromatic heterocycles. The Morgan fingerprint density at radius 2 is 2.11 bits per heavy atom. The summed E-state index contributed by atoms with van der Waals surface area (Å²) < 4.78 is 5.78. The van der Waals surface area contributed by atoms with Crippen LogP contribution < -0.4 is 5.32 Å². The standard InChI is InChI=1S/C14H28N2O3/c1-12(17)11-16(2)14(18)15-9-6-10-19-13-7-4-3-5-8-13/h12-13,17H,3-11H2,1-2H3,(H,15,18). The van der Waals surface area contributed by atoms with Gasteiger partial charge in [0.1, 0.15) is 0 Å². The predicted molar refractivity (Wildman–Crippen MR) is 75.2 cm³/mol. The van der Waals surface area contributed by atoms with Crippen molar-refractivity contribution in [3.63, 3.8) is 0 Å². The first kappa shape index (κ1) is 16.2. The SMILES string of the molecule is CC(O)CN(C)C(=O)NCCCOC1CCCCC1. The first-order valence-electron chi connectivity index (χ1n) is 7.38. The Morgan fingerprint density at radius 3 is 2.74 bits per heavy atom. The van der Waals surface area contributed by atoms with E-state index in [4.69, 9.17) is 4.74 Å². The molecule has 0 heterocycles. The number of hydrogen-bond donors (Lipinski definition) is 2. The lowest BCUT2D eigenvalue weighted by atomic mass is 9.98. The summed E-state index contributed by atoms with van der Waals surface area (Å²) in [6, 6.07) is -0.140. The number of ether oxygens (including phenoxy) is 1. The minimum absolute atomic E-state index is 0.140. The van der Waals surface area contributed by atoms with Gasteiger partial charge in [-0.05, 0) is 26.2 Å². The molecule has 0 aromatic carbocycles. The molecule has 0 radical (unpaired) electrons. The van der Waals surface area contributed by atoms with Gasteiger partial charge in [0.05, 0.1) is 12.2 Å². The molecular weight excluding hydrogens is 244 g/mol. The van der Waals surface area contributed by atoms with E-state index >= 15 is 0 Å². The Morgan fingerprint density at radius 1 is 1.42 bits per heavy atom. The van der Waals surface area contributed by atoms with Gasteiger partial charge in [-0.15, -0.1) is 0 Å². The molecule has 1 aliphatic carbocycles. The van der Waals surface area contributed by atoms with Gasteiger partial charge in [-0.25, -0.2) is 4.79 Å². The number of aliphatic hydroxyl groups is 1. The zero-order valence-corrected chi connectivity index (χ0v) is 12.2. The fourth-order valence-corrected chi connectivity index (χ4v) is 2.36. The minimum Gasteiger partial charge on any atom is -0.392 e. The number of amides is 2. The van der Waals surface area contributed by atoms with Gasteiger partial charge in [-0.3, -0.25) is 0 Å². The van der Waals surface area contributed by atoms with E-state index in [9.17, 15) is 9.90 Å². The second kappa shape index (κ2) is 9.15. The van der Waals surface area contributed by atoms with Crippen LogP contribution >= 0.6 is 0 Å². The molecule has 2 N–H and O–H groups in total. The normalized spacial score (nSPS) is 18.1. The molecule has 0 aromatic rings. The summed E-state index contributed by atoms with van der Waals surface area (Å²) in [5.41, 5.74) is 0. The Bertz CT molecular complexity index is 253. The monoisotopic (exact) mass is 272 g/mol. The van der Waals surface area contributed by atoms with Crippen molar-refractivity contribution >= 4 is 6.03 Å². The number of nitrogens with one attached hydrogen (secondary N) is 1. The van der Waals surface area contributed by atoms with Gasteiger partial charge >= 0.3 is 6.03 Å². The average molecular weight is 272 g/mol. The van der Waals surface area contributed by atoms with Crippen molar-refractivity contribution in [2.75, 3.05) is 26.7 Å². The third-order valence-corrected chi connectivity index (χ3v) is 3.39. The van der Waals surface area contributed by atoms with Crippen molar-refractivity contribution < 1.29 is 14.6 Å². The van der Waals surface area contributed by atoms with Crippen LogP contribution in [0.2, 0.25) is 0 Å². The molecule has 112 valence electrons. The molecule has 1 saturated carbocycles. The summed E-state index contributed by atoms with van der Waals surface area (Å²) in [4.78, 5) is 13.1. The van der Waals surface area contributed by atoms with Crippen LogP contribution in [-0.4, -0.2) is 55.0 Å². The van der Waals surface area contributed by atoms with Crippen LogP contribution in [0.1, 0.15) is 45.4 Å². The van der Waals surface area contributed by atoms with Gasteiger partial charge in [-0.2, -0.15) is 0 Å². The minimum atomic E-state index is -0.495. The second-order valence-corrected chi connectivity index (χ2v) is 5.45. The summed E-state index contributed by atoms with van der Waals surface area (Å²) in [6.07, 6.45) is 7.05. The van der Waals surface area contributed by atoms with Crippen LogP contribution in [0.4, 0.5) is 4.79 Å². The fraction of sp³-hybridized carbons (Fsp3) is 0.929. The number of carbonyl (C=O) groups excluding carboxylic acids is 1. The molecule has 0 spiro atoms. The highest BCUT2D eigenvalue weighted by molar-refractivity contribution is 5.73. The van der Waals surface area contributed by atoms with E-state index in [1.807, 2.05) is 0 Å². The van der Waals surface area contributed by atoms with E-state index in [1.54, 1.807) is 14.0 Å². The highest BCUT2D eigenvalue weighted by atomic mass is 16.5. The van der Waals surface area contributed by atoms with Crippen LogP contribution in [0.3, 0.4) is 0 Å². The Hall–Kier alpha value is -0.810. The van der Waals surface area contributed by atoms with Crippen molar-refractivity contribution in [3.8, 4) is 0 Å². The first-order valence-corrected chi connectivity index (χ1v) is 7.38. The van der Waals surface area contributed by atoms with Crippen LogP contribution in [0.25, 0.3) is 0 Å². The molecule has 1 atom stereocenters. The van der Waals surface area contributed by atoms with Crippen molar-refractivity contribution in [3.05, 3.63) is 0 Å². The zero-order chi connectivity index (χ0) is 14.1. The molecule has 19 heavy (non-hydrogen) atoms. The molecule has 1 unspecified atom stereocenters. The van der Waals surface area contributed by atoms with Gasteiger partial charge < -0.3 is 20.1 Å². The summed E-state index contributed by atoms with van der Waals surface area (Å²) in [6.45, 7) is 3.35. The van der Waals surface area contributed by atoms with Crippen molar-refractivity contribution in [2.45, 2.75) is 57.7 Å². The summed E-state index contributed by atoms with van der Waals surface area (Å²) in [7, 11) is 1.68. The van der Waals surface area contributed by atoms with E-state index in [-0.39, 0.29) is 6.03 Å². The maximum atomic E-state index is 11.6.